The van der Waals surface area contributed by atoms with Crippen LogP contribution in [0.25, 0.3) is 0 Å². The zero-order valence-electron chi connectivity index (χ0n) is 21.1. The fourth-order valence-electron chi connectivity index (χ4n) is 7.03. The van der Waals surface area contributed by atoms with Gasteiger partial charge in [0.1, 0.15) is 0 Å². The molecule has 0 atom stereocenters. The highest BCUT2D eigenvalue weighted by Crippen LogP contribution is 2.54. The molecule has 1 aromatic rings. The Morgan fingerprint density at radius 1 is 0.645 bits per heavy atom. The number of nitrogens with zero attached hydrogens (tertiary/aromatic N) is 2. The summed E-state index contributed by atoms with van der Waals surface area (Å²) in [7, 11) is -0.467. The molecule has 3 saturated heterocycles. The maximum atomic E-state index is 3.89. The first-order valence-electron chi connectivity index (χ1n) is 12.2. The lowest BCUT2D eigenvalue weighted by Gasteiger charge is -2.52. The quantitative estimate of drug-likeness (QED) is 0.652. The fourth-order valence-corrected chi connectivity index (χ4v) is 9.86. The molecule has 5 heteroatoms. The van der Waals surface area contributed by atoms with Gasteiger partial charge in [0.15, 0.2) is 0 Å². The molecule has 0 saturated carbocycles. The van der Waals surface area contributed by atoms with Crippen molar-refractivity contribution in [2.24, 2.45) is 0 Å². The topological polar surface area (TPSA) is 30.5 Å². The SMILES string of the molecule is CC1(C)CC(N2CCN(C3CC(C)(C)NC(C)(C)C3)P2c2ccccc2)CC(C)(C)N1. The summed E-state index contributed by atoms with van der Waals surface area (Å²) in [6, 6.07) is 12.7. The highest BCUT2D eigenvalue weighted by atomic mass is 31.1. The summed E-state index contributed by atoms with van der Waals surface area (Å²) in [5.41, 5.74) is 0.707. The number of benzene rings is 1. The Hall–Kier alpha value is -0.510. The molecular weight excluding hydrogens is 399 g/mol. The molecule has 31 heavy (non-hydrogen) atoms. The number of piperidine rings is 2. The molecule has 4 rings (SSSR count). The predicted molar refractivity (Wildman–Crippen MR) is 135 cm³/mol. The number of hydrogen-bond acceptors (Lipinski definition) is 4. The van der Waals surface area contributed by atoms with Crippen LogP contribution in [-0.4, -0.2) is 56.7 Å². The van der Waals surface area contributed by atoms with Crippen molar-refractivity contribution in [3.05, 3.63) is 30.3 Å². The molecule has 0 amide bonds. The van der Waals surface area contributed by atoms with Gasteiger partial charge >= 0.3 is 0 Å². The normalized spacial score (nSPS) is 29.9. The zero-order chi connectivity index (χ0) is 22.7. The molecule has 3 heterocycles. The van der Waals surface area contributed by atoms with Crippen LogP contribution in [0.3, 0.4) is 0 Å². The molecule has 1 aromatic carbocycles. The van der Waals surface area contributed by atoms with Crippen molar-refractivity contribution >= 4 is 13.5 Å². The second kappa shape index (κ2) is 8.06. The Labute approximate surface area is 192 Å². The van der Waals surface area contributed by atoms with Crippen LogP contribution in [0.5, 0.6) is 0 Å². The first kappa shape index (κ1) is 23.6. The highest BCUT2D eigenvalue weighted by molar-refractivity contribution is 7.61. The van der Waals surface area contributed by atoms with E-state index in [-0.39, 0.29) is 22.2 Å². The van der Waals surface area contributed by atoms with Crippen LogP contribution in [0, 0.1) is 0 Å². The summed E-state index contributed by atoms with van der Waals surface area (Å²) in [4.78, 5) is 0. The Morgan fingerprint density at radius 2 is 1.00 bits per heavy atom. The maximum Gasteiger partial charge on any atom is 0.0730 e. The average Bonchev–Trinajstić information content (AvgIpc) is 3.02. The monoisotopic (exact) mass is 444 g/mol. The number of hydrogen-bond donors (Lipinski definition) is 2. The van der Waals surface area contributed by atoms with E-state index in [9.17, 15) is 0 Å². The van der Waals surface area contributed by atoms with Crippen LogP contribution in [0.15, 0.2) is 30.3 Å². The Morgan fingerprint density at radius 3 is 1.35 bits per heavy atom. The molecule has 3 fully saturated rings. The molecule has 3 aliphatic heterocycles. The summed E-state index contributed by atoms with van der Waals surface area (Å²) in [6.45, 7) is 21.5. The summed E-state index contributed by atoms with van der Waals surface area (Å²) >= 11 is 0. The van der Waals surface area contributed by atoms with E-state index in [2.05, 4.69) is 106 Å². The minimum Gasteiger partial charge on any atom is -0.307 e. The van der Waals surface area contributed by atoms with Gasteiger partial charge < -0.3 is 10.6 Å². The lowest BCUT2D eigenvalue weighted by molar-refractivity contribution is 0.113. The van der Waals surface area contributed by atoms with Gasteiger partial charge in [-0.3, -0.25) is 9.34 Å². The van der Waals surface area contributed by atoms with E-state index in [4.69, 9.17) is 0 Å². The van der Waals surface area contributed by atoms with Crippen molar-refractivity contribution in [3.63, 3.8) is 0 Å². The molecule has 0 aromatic heterocycles. The van der Waals surface area contributed by atoms with E-state index in [1.807, 2.05) is 0 Å². The van der Waals surface area contributed by atoms with Crippen LogP contribution >= 0.6 is 8.22 Å². The first-order chi connectivity index (χ1) is 14.3. The fraction of sp³-hybridized carbons (Fsp3) is 0.769. The van der Waals surface area contributed by atoms with Crippen molar-refractivity contribution in [3.8, 4) is 0 Å². The van der Waals surface area contributed by atoms with Gasteiger partial charge in [-0.05, 0) is 81.1 Å². The lowest BCUT2D eigenvalue weighted by Crippen LogP contribution is -2.62. The van der Waals surface area contributed by atoms with E-state index in [1.165, 1.54) is 44.1 Å². The van der Waals surface area contributed by atoms with E-state index in [0.717, 1.165) is 0 Å². The van der Waals surface area contributed by atoms with Crippen molar-refractivity contribution in [2.75, 3.05) is 13.1 Å². The van der Waals surface area contributed by atoms with Gasteiger partial charge in [0, 0.05) is 52.6 Å². The third-order valence-electron chi connectivity index (χ3n) is 7.21. The summed E-state index contributed by atoms with van der Waals surface area (Å²) in [6.07, 6.45) is 4.89. The van der Waals surface area contributed by atoms with Gasteiger partial charge in [-0.1, -0.05) is 30.3 Å². The number of nitrogens with one attached hydrogen (secondary N) is 2. The van der Waals surface area contributed by atoms with E-state index in [0.29, 0.717) is 12.1 Å². The number of rotatable bonds is 3. The van der Waals surface area contributed by atoms with Crippen LogP contribution in [0.1, 0.15) is 81.1 Å². The molecule has 174 valence electrons. The molecule has 0 spiro atoms. The van der Waals surface area contributed by atoms with Crippen molar-refractivity contribution in [1.29, 1.82) is 0 Å². The van der Waals surface area contributed by atoms with Crippen LogP contribution < -0.4 is 15.9 Å². The maximum absolute atomic E-state index is 3.89. The standard InChI is InChI=1S/C26H45N4P/c1-23(2)16-20(17-24(3,4)27-23)29-14-15-30(31(29)22-12-10-9-11-13-22)21-18-25(5,6)28-26(7,8)19-21/h9-13,20-21,27-28H,14-19H2,1-8H3. The summed E-state index contributed by atoms with van der Waals surface area (Å²) < 4.78 is 5.83. The Bertz CT molecular complexity index is 695. The van der Waals surface area contributed by atoms with Gasteiger partial charge in [0.05, 0.1) is 8.22 Å². The summed E-state index contributed by atoms with van der Waals surface area (Å²) in [5, 5.41) is 9.32. The molecular formula is C26H45N4P. The van der Waals surface area contributed by atoms with Gasteiger partial charge in [-0.15, -0.1) is 0 Å². The second-order valence-electron chi connectivity index (χ2n) is 12.9. The minimum atomic E-state index is -0.467. The zero-order valence-corrected chi connectivity index (χ0v) is 22.0. The van der Waals surface area contributed by atoms with Gasteiger partial charge in [0.2, 0.25) is 0 Å². The summed E-state index contributed by atoms with van der Waals surface area (Å²) in [5.74, 6) is 0. The van der Waals surface area contributed by atoms with Crippen molar-refractivity contribution in [2.45, 2.75) is 115 Å². The van der Waals surface area contributed by atoms with Gasteiger partial charge in [-0.2, -0.15) is 0 Å². The van der Waals surface area contributed by atoms with Crippen LogP contribution in [-0.2, 0) is 0 Å². The Kier molecular flexibility index (Phi) is 6.15. The van der Waals surface area contributed by atoms with E-state index < -0.39 is 8.22 Å². The molecule has 0 unspecified atom stereocenters. The van der Waals surface area contributed by atoms with Crippen molar-refractivity contribution < 1.29 is 0 Å². The first-order valence-corrected chi connectivity index (χ1v) is 13.5. The predicted octanol–water partition coefficient (Wildman–Crippen LogP) is 4.86. The minimum absolute atomic E-state index is 0.177. The third-order valence-corrected chi connectivity index (χ3v) is 10.00. The molecule has 0 bridgehead atoms. The molecule has 0 radical (unpaired) electrons. The van der Waals surface area contributed by atoms with E-state index >= 15 is 0 Å². The smallest absolute Gasteiger partial charge is 0.0730 e. The average molecular weight is 445 g/mol. The Balaban J connectivity index is 1.67. The third kappa shape index (κ3) is 5.36. The van der Waals surface area contributed by atoms with E-state index in [1.54, 1.807) is 0 Å². The molecule has 3 aliphatic rings. The molecule has 2 N–H and O–H groups in total. The lowest BCUT2D eigenvalue weighted by atomic mass is 9.79. The van der Waals surface area contributed by atoms with Crippen molar-refractivity contribution in [1.82, 2.24) is 20.0 Å². The largest absolute Gasteiger partial charge is 0.307 e. The molecule has 4 nitrogen and oxygen atoms in total. The second-order valence-corrected chi connectivity index (χ2v) is 15.0. The van der Waals surface area contributed by atoms with Gasteiger partial charge in [0.25, 0.3) is 0 Å². The van der Waals surface area contributed by atoms with Crippen LogP contribution in [0.2, 0.25) is 0 Å². The van der Waals surface area contributed by atoms with Gasteiger partial charge in [-0.25, -0.2) is 0 Å². The van der Waals surface area contributed by atoms with Crippen LogP contribution in [0.4, 0.5) is 0 Å². The molecule has 0 aliphatic carbocycles. The highest BCUT2D eigenvalue weighted by Gasteiger charge is 2.49.